The zero-order valence-electron chi connectivity index (χ0n) is 24.8. The first-order valence-electron chi connectivity index (χ1n) is 15.3. The molecule has 0 atom stereocenters. The molecule has 2 heterocycles. The molecule has 0 aliphatic rings. The topological polar surface area (TPSA) is 82.6 Å². The van der Waals surface area contributed by atoms with Crippen molar-refractivity contribution in [2.45, 2.75) is 104 Å². The lowest BCUT2D eigenvalue weighted by Crippen LogP contribution is -1.97. The lowest BCUT2D eigenvalue weighted by atomic mass is 9.93. The molecule has 0 aliphatic carbocycles. The lowest BCUT2D eigenvalue weighted by molar-refractivity contribution is 0.577. The molecule has 0 radical (unpaired) electrons. The second kappa shape index (κ2) is 14.9. The van der Waals surface area contributed by atoms with Crippen LogP contribution < -0.4 is 10.8 Å². The molecule has 6 heteroatoms. The summed E-state index contributed by atoms with van der Waals surface area (Å²) in [6, 6.07) is 11.9. The quantitative estimate of drug-likeness (QED) is 0.114. The van der Waals surface area contributed by atoms with E-state index in [1.54, 1.807) is 0 Å². The Bertz CT molecular complexity index is 1690. The number of fused-ring (bicyclic) bond motifs is 5. The third-order valence-corrected chi connectivity index (χ3v) is 8.07. The first-order chi connectivity index (χ1) is 20.6. The van der Waals surface area contributed by atoms with E-state index in [0.717, 1.165) is 71.2 Å². The van der Waals surface area contributed by atoms with E-state index in [1.807, 2.05) is 24.3 Å². The Morgan fingerprint density at radius 2 is 1.05 bits per heavy atom. The maximum absolute atomic E-state index is 9.56. The van der Waals surface area contributed by atoms with Gasteiger partial charge in [0.25, 0.3) is 0 Å². The third-order valence-electron chi connectivity index (χ3n) is 8.07. The molecule has 0 N–H and O–H groups in total. The molecule has 42 heavy (non-hydrogen) atoms. The van der Waals surface area contributed by atoms with Crippen LogP contribution in [0.4, 0.5) is 0 Å². The zero-order valence-corrected chi connectivity index (χ0v) is 24.8. The molecule has 0 fully saturated rings. The molecular formula is C36H38N4O2. The van der Waals surface area contributed by atoms with Crippen molar-refractivity contribution in [2.24, 2.45) is 0 Å². The summed E-state index contributed by atoms with van der Waals surface area (Å²) >= 11 is 0. The van der Waals surface area contributed by atoms with Crippen LogP contribution in [0.2, 0.25) is 0 Å². The van der Waals surface area contributed by atoms with Crippen LogP contribution in [0.3, 0.4) is 0 Å². The Balaban J connectivity index is 1.91. The largest absolute Gasteiger partial charge is 0.562 e. The van der Waals surface area contributed by atoms with Crippen molar-refractivity contribution in [1.29, 1.82) is 10.5 Å². The van der Waals surface area contributed by atoms with E-state index in [2.05, 4.69) is 35.7 Å². The monoisotopic (exact) mass is 558 g/mol. The van der Waals surface area contributed by atoms with Crippen LogP contribution >= 0.6 is 0 Å². The van der Waals surface area contributed by atoms with Gasteiger partial charge in [-0.1, -0.05) is 78.1 Å². The Morgan fingerprint density at radius 1 is 0.619 bits per heavy atom. The average Bonchev–Trinajstić information content (AvgIpc) is 3.64. The van der Waals surface area contributed by atoms with E-state index >= 15 is 0 Å². The van der Waals surface area contributed by atoms with Crippen LogP contribution in [0.25, 0.3) is 53.8 Å². The minimum absolute atomic E-state index is 0.0492. The predicted molar refractivity (Wildman–Crippen MR) is 168 cm³/mol. The van der Waals surface area contributed by atoms with Gasteiger partial charge in [-0.05, 0) is 61.1 Å². The van der Waals surface area contributed by atoms with Crippen LogP contribution in [0, 0.1) is 35.8 Å². The number of nitriles is 2. The molecule has 0 saturated heterocycles. The number of hydrogen-bond donors (Lipinski definition) is 0. The number of nitrogens with zero attached hydrogens (tertiary/aromatic N) is 4. The lowest BCUT2D eigenvalue weighted by Gasteiger charge is -2.10. The van der Waals surface area contributed by atoms with Gasteiger partial charge in [0.2, 0.25) is 5.42 Å². The third kappa shape index (κ3) is 6.68. The molecule has 0 amide bonds. The summed E-state index contributed by atoms with van der Waals surface area (Å²) in [6.45, 7) is 19.4. The van der Waals surface area contributed by atoms with E-state index in [9.17, 15) is 10.5 Å². The molecule has 0 bridgehead atoms. The van der Waals surface area contributed by atoms with Gasteiger partial charge in [0.15, 0.2) is 11.0 Å². The van der Waals surface area contributed by atoms with Crippen molar-refractivity contribution < 1.29 is 8.83 Å². The van der Waals surface area contributed by atoms with Crippen molar-refractivity contribution >= 4 is 44.1 Å². The van der Waals surface area contributed by atoms with Crippen molar-refractivity contribution in [3.8, 4) is 12.1 Å². The SMILES string of the molecule is [C-]#[N+]C([N+]#[C-])=c1cc2c(CCCCCCCC)cc3c(cc(CCCCCCCC)c4cc(=C(C#N)C#N)oc43)c2o1. The van der Waals surface area contributed by atoms with Gasteiger partial charge in [-0.25, -0.2) is 0 Å². The van der Waals surface area contributed by atoms with E-state index < -0.39 is 0 Å². The molecule has 4 aromatic rings. The fraction of sp³-hybridized carbons (Fsp3) is 0.444. The molecular weight excluding hydrogens is 520 g/mol. The molecule has 6 nitrogen and oxygen atoms in total. The van der Waals surface area contributed by atoms with E-state index in [1.165, 1.54) is 51.4 Å². The zero-order chi connectivity index (χ0) is 29.9. The van der Waals surface area contributed by atoms with E-state index in [-0.39, 0.29) is 22.2 Å². The Labute approximate surface area is 248 Å². The van der Waals surface area contributed by atoms with Gasteiger partial charge in [-0.2, -0.15) is 20.2 Å². The number of benzene rings is 2. The fourth-order valence-corrected chi connectivity index (χ4v) is 5.80. The molecule has 0 spiro atoms. The highest BCUT2D eigenvalue weighted by atomic mass is 16.3. The molecule has 2 aromatic carbocycles. The summed E-state index contributed by atoms with van der Waals surface area (Å²) in [6.07, 6.45) is 15.8. The normalized spacial score (nSPS) is 10.9. The fourth-order valence-electron chi connectivity index (χ4n) is 5.80. The minimum Gasteiger partial charge on any atom is -0.459 e. The second-order valence-electron chi connectivity index (χ2n) is 11.1. The Hall–Kier alpha value is -4.52. The summed E-state index contributed by atoms with van der Waals surface area (Å²) in [5, 5.41) is 22.7. The van der Waals surface area contributed by atoms with Gasteiger partial charge < -0.3 is 8.83 Å². The highest BCUT2D eigenvalue weighted by Gasteiger charge is 2.20. The summed E-state index contributed by atoms with van der Waals surface area (Å²) in [7, 11) is 0. The number of unbranched alkanes of at least 4 members (excludes halogenated alkanes) is 10. The molecule has 2 aromatic heterocycles. The first-order valence-corrected chi connectivity index (χ1v) is 15.3. The Morgan fingerprint density at radius 3 is 1.50 bits per heavy atom. The highest BCUT2D eigenvalue weighted by molar-refractivity contribution is 6.15. The van der Waals surface area contributed by atoms with Crippen LogP contribution in [0.1, 0.15) is 102 Å². The summed E-state index contributed by atoms with van der Waals surface area (Å²) in [4.78, 5) is 6.80. The second-order valence-corrected chi connectivity index (χ2v) is 11.1. The van der Waals surface area contributed by atoms with Crippen LogP contribution in [0.15, 0.2) is 33.1 Å². The van der Waals surface area contributed by atoms with Crippen molar-refractivity contribution in [3.05, 3.63) is 69.1 Å². The molecule has 0 aliphatic heterocycles. The number of aryl methyl sites for hydroxylation is 2. The number of hydrogen-bond acceptors (Lipinski definition) is 4. The van der Waals surface area contributed by atoms with Crippen LogP contribution in [-0.4, -0.2) is 0 Å². The maximum atomic E-state index is 9.56. The van der Waals surface area contributed by atoms with Gasteiger partial charge in [0.05, 0.1) is 0 Å². The smallest absolute Gasteiger partial charge is 0.459 e. The molecule has 4 rings (SSSR count). The van der Waals surface area contributed by atoms with Gasteiger partial charge in [0.1, 0.15) is 36.4 Å². The van der Waals surface area contributed by atoms with Gasteiger partial charge in [-0.15, -0.1) is 0 Å². The van der Waals surface area contributed by atoms with Crippen molar-refractivity contribution in [3.63, 3.8) is 0 Å². The summed E-state index contributed by atoms with van der Waals surface area (Å²) < 4.78 is 12.5. The summed E-state index contributed by atoms with van der Waals surface area (Å²) in [5.74, 6) is -0.0826. The van der Waals surface area contributed by atoms with Gasteiger partial charge in [-0.3, -0.25) is 0 Å². The van der Waals surface area contributed by atoms with E-state index in [0.29, 0.717) is 11.2 Å². The Kier molecular flexibility index (Phi) is 10.8. The summed E-state index contributed by atoms with van der Waals surface area (Å²) in [5.41, 5.74) is 3.99. The van der Waals surface area contributed by atoms with Gasteiger partial charge in [0, 0.05) is 21.5 Å². The number of furan rings is 2. The van der Waals surface area contributed by atoms with Crippen LogP contribution in [0.5, 0.6) is 0 Å². The minimum atomic E-state index is -0.0826. The van der Waals surface area contributed by atoms with Crippen LogP contribution in [-0.2, 0) is 12.8 Å². The van der Waals surface area contributed by atoms with Crippen molar-refractivity contribution in [2.75, 3.05) is 0 Å². The number of rotatable bonds is 14. The van der Waals surface area contributed by atoms with E-state index in [4.69, 9.17) is 22.0 Å². The van der Waals surface area contributed by atoms with Crippen molar-refractivity contribution in [1.82, 2.24) is 0 Å². The molecule has 0 saturated carbocycles. The first kappa shape index (κ1) is 30.4. The maximum Gasteiger partial charge on any atom is 0.562 e. The molecule has 0 unspecified atom stereocenters. The van der Waals surface area contributed by atoms with Gasteiger partial charge >= 0.3 is 5.82 Å². The molecule has 214 valence electrons. The standard InChI is InChI=1S/C36H38N4O2/c1-5-7-9-11-13-15-17-25-19-31-30(34-28(25)21-32(41-34)27(23-37)24-38)20-26(18-16-14-12-10-8-6-2)29-22-33(42-35(29)31)36(39-3)40-4/h19-22H,5-18H2,1-2H3. The average molecular weight is 559 g/mol. The highest BCUT2D eigenvalue weighted by Crippen LogP contribution is 2.36. The predicted octanol–water partition coefficient (Wildman–Crippen LogP) is 9.24.